The molecule has 0 unspecified atom stereocenters. The maximum absolute atomic E-state index is 12.8. The Bertz CT molecular complexity index is 739. The summed E-state index contributed by atoms with van der Waals surface area (Å²) in [5.41, 5.74) is 1.35. The molecule has 5 nitrogen and oxygen atoms in total. The molecule has 1 aromatic carbocycles. The van der Waals surface area contributed by atoms with E-state index in [4.69, 9.17) is 21.7 Å². The van der Waals surface area contributed by atoms with Gasteiger partial charge in [-0.25, -0.2) is 0 Å². The minimum Gasteiger partial charge on any atom is -0.493 e. The second-order valence-corrected chi connectivity index (χ2v) is 6.85. The predicted molar refractivity (Wildman–Crippen MR) is 106 cm³/mol. The van der Waals surface area contributed by atoms with Crippen molar-refractivity contribution in [3.8, 4) is 11.5 Å². The molecule has 0 radical (unpaired) electrons. The molecule has 1 saturated heterocycles. The van der Waals surface area contributed by atoms with Crippen molar-refractivity contribution in [2.45, 2.75) is 38.1 Å². The summed E-state index contributed by atoms with van der Waals surface area (Å²) in [6, 6.07) is 5.76. The monoisotopic (exact) mass is 372 g/mol. The molecule has 2 aliphatic rings. The number of hydrogen-bond donors (Lipinski definition) is 1. The maximum Gasteiger partial charge on any atom is 0.276 e. The molecule has 1 N–H and O–H groups in total. The van der Waals surface area contributed by atoms with E-state index in [0.29, 0.717) is 28.9 Å². The van der Waals surface area contributed by atoms with Gasteiger partial charge in [0.1, 0.15) is 12.3 Å². The van der Waals surface area contributed by atoms with E-state index in [1.807, 2.05) is 18.2 Å². The van der Waals surface area contributed by atoms with E-state index < -0.39 is 0 Å². The highest BCUT2D eigenvalue weighted by Gasteiger charge is 2.36. The number of thiocarbonyl (C=S) groups is 1. The lowest BCUT2D eigenvalue weighted by molar-refractivity contribution is -0.124. The molecule has 1 aliphatic carbocycles. The lowest BCUT2D eigenvalue weighted by Crippen LogP contribution is -2.41. The van der Waals surface area contributed by atoms with Crippen LogP contribution in [0.4, 0.5) is 0 Å². The number of nitrogens with zero attached hydrogens (tertiary/aromatic N) is 1. The summed E-state index contributed by atoms with van der Waals surface area (Å²) in [5.74, 6) is 1.20. The van der Waals surface area contributed by atoms with Crippen molar-refractivity contribution in [3.05, 3.63) is 42.1 Å². The number of hydrogen-bond acceptors (Lipinski definition) is 4. The van der Waals surface area contributed by atoms with Crippen LogP contribution in [0, 0.1) is 0 Å². The third-order valence-electron chi connectivity index (χ3n) is 4.70. The van der Waals surface area contributed by atoms with Gasteiger partial charge in [-0.05, 0) is 48.8 Å². The van der Waals surface area contributed by atoms with E-state index in [2.05, 4.69) is 11.9 Å². The van der Waals surface area contributed by atoms with E-state index in [0.717, 1.165) is 31.2 Å². The third-order valence-corrected chi connectivity index (χ3v) is 5.00. The van der Waals surface area contributed by atoms with Crippen LogP contribution in [0.25, 0.3) is 6.08 Å². The van der Waals surface area contributed by atoms with Gasteiger partial charge < -0.3 is 14.8 Å². The van der Waals surface area contributed by atoms with Gasteiger partial charge in [0, 0.05) is 6.04 Å². The normalized spacial score (nSPS) is 19.6. The zero-order valence-electron chi connectivity index (χ0n) is 15.0. The molecule has 2 fully saturated rings. The fraction of sp³-hybridized carbons (Fsp3) is 0.400. The van der Waals surface area contributed by atoms with Gasteiger partial charge in [-0.3, -0.25) is 9.69 Å². The lowest BCUT2D eigenvalue weighted by atomic mass is 9.94. The number of nitrogens with one attached hydrogen (secondary N) is 1. The Kier molecular flexibility index (Phi) is 5.93. The fourth-order valence-corrected chi connectivity index (χ4v) is 3.77. The molecule has 26 heavy (non-hydrogen) atoms. The van der Waals surface area contributed by atoms with Crippen LogP contribution in [-0.4, -0.2) is 35.7 Å². The highest BCUT2D eigenvalue weighted by Crippen LogP contribution is 2.30. The highest BCUT2D eigenvalue weighted by molar-refractivity contribution is 7.80. The van der Waals surface area contributed by atoms with Crippen LogP contribution in [0.2, 0.25) is 0 Å². The van der Waals surface area contributed by atoms with Crippen molar-refractivity contribution in [1.82, 2.24) is 10.2 Å². The molecular weight excluding hydrogens is 348 g/mol. The molecule has 1 aromatic rings. The van der Waals surface area contributed by atoms with Gasteiger partial charge in [0.2, 0.25) is 0 Å². The van der Waals surface area contributed by atoms with Crippen LogP contribution in [0.3, 0.4) is 0 Å². The topological polar surface area (TPSA) is 50.8 Å². The average molecular weight is 372 g/mol. The van der Waals surface area contributed by atoms with E-state index in [1.165, 1.54) is 6.42 Å². The largest absolute Gasteiger partial charge is 0.493 e. The Balaban J connectivity index is 1.80. The van der Waals surface area contributed by atoms with Gasteiger partial charge in [0.05, 0.1) is 7.11 Å². The van der Waals surface area contributed by atoms with Crippen LogP contribution in [0.5, 0.6) is 11.5 Å². The van der Waals surface area contributed by atoms with Gasteiger partial charge in [0.15, 0.2) is 16.6 Å². The summed E-state index contributed by atoms with van der Waals surface area (Å²) >= 11 is 5.41. The van der Waals surface area contributed by atoms with Gasteiger partial charge >= 0.3 is 0 Å². The molecule has 0 aromatic heterocycles. The lowest BCUT2D eigenvalue weighted by Gasteiger charge is -2.29. The number of carbonyl (C=O) groups excluding carboxylic acids is 1. The average Bonchev–Trinajstić information content (AvgIpc) is 2.94. The fourth-order valence-electron chi connectivity index (χ4n) is 3.43. The SMILES string of the molecule is C=CCOc1ccc(C=C2NC(=S)N(C3CCCCC3)C2=O)cc1OC. The standard InChI is InChI=1S/C20H24N2O3S/c1-3-11-25-17-10-9-14(13-18(17)24-2)12-16-19(23)22(20(26)21-16)15-7-5-4-6-8-15/h3,9-10,12-13,15H,1,4-8,11H2,2H3,(H,21,26). The summed E-state index contributed by atoms with van der Waals surface area (Å²) in [7, 11) is 1.59. The number of benzene rings is 1. The summed E-state index contributed by atoms with van der Waals surface area (Å²) in [4.78, 5) is 14.6. The summed E-state index contributed by atoms with van der Waals surface area (Å²) in [6.45, 7) is 4.04. The van der Waals surface area contributed by atoms with Crippen molar-refractivity contribution in [2.75, 3.05) is 13.7 Å². The third kappa shape index (κ3) is 3.90. The minimum absolute atomic E-state index is 0.0483. The van der Waals surface area contributed by atoms with Gasteiger partial charge in [-0.15, -0.1) is 0 Å². The van der Waals surface area contributed by atoms with Crippen LogP contribution >= 0.6 is 12.2 Å². The second-order valence-electron chi connectivity index (χ2n) is 6.47. The molecule has 3 rings (SSSR count). The Morgan fingerprint density at radius 1 is 1.31 bits per heavy atom. The van der Waals surface area contributed by atoms with Crippen molar-refractivity contribution in [1.29, 1.82) is 0 Å². The van der Waals surface area contributed by atoms with Gasteiger partial charge in [-0.2, -0.15) is 0 Å². The zero-order valence-corrected chi connectivity index (χ0v) is 15.8. The molecule has 1 amide bonds. The first-order valence-electron chi connectivity index (χ1n) is 8.92. The van der Waals surface area contributed by atoms with Crippen molar-refractivity contribution < 1.29 is 14.3 Å². The molecule has 1 heterocycles. The van der Waals surface area contributed by atoms with Gasteiger partial charge in [-0.1, -0.05) is 38.0 Å². The molecule has 0 bridgehead atoms. The molecule has 138 valence electrons. The Hall–Kier alpha value is -2.34. The molecule has 0 atom stereocenters. The van der Waals surface area contributed by atoms with E-state index in [1.54, 1.807) is 24.2 Å². The van der Waals surface area contributed by atoms with Crippen molar-refractivity contribution in [2.24, 2.45) is 0 Å². The molecule has 0 spiro atoms. The number of rotatable bonds is 6. The maximum atomic E-state index is 12.8. The van der Waals surface area contributed by atoms with E-state index in [-0.39, 0.29) is 11.9 Å². The van der Waals surface area contributed by atoms with Crippen molar-refractivity contribution in [3.63, 3.8) is 0 Å². The molecular formula is C20H24N2O3S. The summed E-state index contributed by atoms with van der Waals surface area (Å²) in [6.07, 6.45) is 9.06. The van der Waals surface area contributed by atoms with Crippen LogP contribution < -0.4 is 14.8 Å². The number of methoxy groups -OCH3 is 1. The number of ether oxygens (including phenoxy) is 2. The Morgan fingerprint density at radius 2 is 2.08 bits per heavy atom. The molecule has 6 heteroatoms. The van der Waals surface area contributed by atoms with Crippen LogP contribution in [0.15, 0.2) is 36.6 Å². The first-order chi connectivity index (χ1) is 12.6. The van der Waals surface area contributed by atoms with Gasteiger partial charge in [0.25, 0.3) is 5.91 Å². The highest BCUT2D eigenvalue weighted by atomic mass is 32.1. The predicted octanol–water partition coefficient (Wildman–Crippen LogP) is 3.65. The second kappa shape index (κ2) is 8.36. The number of amides is 1. The molecule has 1 aliphatic heterocycles. The Morgan fingerprint density at radius 3 is 2.77 bits per heavy atom. The number of carbonyl (C=O) groups is 1. The first-order valence-corrected chi connectivity index (χ1v) is 9.33. The summed E-state index contributed by atoms with van der Waals surface area (Å²) < 4.78 is 10.9. The molecule has 1 saturated carbocycles. The Labute approximate surface area is 159 Å². The first kappa shape index (κ1) is 18.5. The van der Waals surface area contributed by atoms with Crippen LogP contribution in [0.1, 0.15) is 37.7 Å². The van der Waals surface area contributed by atoms with E-state index >= 15 is 0 Å². The smallest absolute Gasteiger partial charge is 0.276 e. The zero-order chi connectivity index (χ0) is 18.5. The summed E-state index contributed by atoms with van der Waals surface area (Å²) in [5, 5.41) is 3.58. The minimum atomic E-state index is -0.0483. The quantitative estimate of drug-likeness (QED) is 0.469. The van der Waals surface area contributed by atoms with Crippen molar-refractivity contribution >= 4 is 29.3 Å². The van der Waals surface area contributed by atoms with E-state index in [9.17, 15) is 4.79 Å². The van der Waals surface area contributed by atoms with Crippen LogP contribution in [-0.2, 0) is 4.79 Å².